The average Bonchev–Trinajstić information content (AvgIpc) is 2.82. The SMILES string of the molecule is COC1(C(O)c2ccsc2)CCCCC1. The highest BCUT2D eigenvalue weighted by molar-refractivity contribution is 7.07. The van der Waals surface area contributed by atoms with Gasteiger partial charge in [-0.25, -0.2) is 0 Å². The highest BCUT2D eigenvalue weighted by Gasteiger charge is 2.40. The Hall–Kier alpha value is -0.380. The topological polar surface area (TPSA) is 29.5 Å². The fraction of sp³-hybridized carbons (Fsp3) is 0.667. The van der Waals surface area contributed by atoms with Crippen LogP contribution in [0.15, 0.2) is 16.8 Å². The molecule has 1 N–H and O–H groups in total. The van der Waals surface area contributed by atoms with Gasteiger partial charge in [0.2, 0.25) is 0 Å². The fourth-order valence-electron chi connectivity index (χ4n) is 2.47. The predicted octanol–water partition coefficient (Wildman–Crippen LogP) is 3.13. The number of aliphatic hydroxyl groups is 1. The first-order valence-electron chi connectivity index (χ1n) is 5.54. The second-order valence-electron chi connectivity index (χ2n) is 4.29. The molecule has 0 spiro atoms. The van der Waals surface area contributed by atoms with E-state index in [-0.39, 0.29) is 5.60 Å². The van der Waals surface area contributed by atoms with E-state index in [2.05, 4.69) is 0 Å². The fourth-order valence-corrected chi connectivity index (χ4v) is 3.15. The number of aliphatic hydroxyl groups excluding tert-OH is 1. The van der Waals surface area contributed by atoms with E-state index in [1.807, 2.05) is 16.8 Å². The summed E-state index contributed by atoms with van der Waals surface area (Å²) in [6.07, 6.45) is 5.07. The van der Waals surface area contributed by atoms with Crippen LogP contribution in [0.4, 0.5) is 0 Å². The second-order valence-corrected chi connectivity index (χ2v) is 5.07. The average molecular weight is 226 g/mol. The summed E-state index contributed by atoms with van der Waals surface area (Å²) in [5.74, 6) is 0. The smallest absolute Gasteiger partial charge is 0.109 e. The lowest BCUT2D eigenvalue weighted by atomic mass is 9.79. The Bertz CT molecular complexity index is 289. The van der Waals surface area contributed by atoms with E-state index in [0.29, 0.717) is 0 Å². The molecule has 1 aliphatic rings. The van der Waals surface area contributed by atoms with Crippen molar-refractivity contribution >= 4 is 11.3 Å². The van der Waals surface area contributed by atoms with Crippen LogP contribution in [-0.2, 0) is 4.74 Å². The Morgan fingerprint density at radius 1 is 1.40 bits per heavy atom. The predicted molar refractivity (Wildman–Crippen MR) is 62.1 cm³/mol. The molecule has 1 aromatic rings. The zero-order valence-electron chi connectivity index (χ0n) is 9.11. The third kappa shape index (κ3) is 2.10. The van der Waals surface area contributed by atoms with Crippen molar-refractivity contribution in [3.8, 4) is 0 Å². The molecule has 1 heterocycles. The zero-order valence-corrected chi connectivity index (χ0v) is 9.93. The molecule has 1 aromatic heterocycles. The van der Waals surface area contributed by atoms with Crippen molar-refractivity contribution in [3.63, 3.8) is 0 Å². The van der Waals surface area contributed by atoms with Crippen LogP contribution in [0, 0.1) is 0 Å². The van der Waals surface area contributed by atoms with Crippen LogP contribution in [0.5, 0.6) is 0 Å². The largest absolute Gasteiger partial charge is 0.385 e. The van der Waals surface area contributed by atoms with Gasteiger partial charge in [-0.15, -0.1) is 0 Å². The molecular weight excluding hydrogens is 208 g/mol. The van der Waals surface area contributed by atoms with E-state index in [0.717, 1.165) is 31.2 Å². The van der Waals surface area contributed by atoms with Crippen LogP contribution in [0.1, 0.15) is 43.8 Å². The van der Waals surface area contributed by atoms with Crippen LogP contribution in [0.3, 0.4) is 0 Å². The van der Waals surface area contributed by atoms with Crippen molar-refractivity contribution in [2.75, 3.05) is 7.11 Å². The van der Waals surface area contributed by atoms with Gasteiger partial charge in [0.15, 0.2) is 0 Å². The summed E-state index contributed by atoms with van der Waals surface area (Å²) in [5, 5.41) is 14.4. The molecule has 1 unspecified atom stereocenters. The van der Waals surface area contributed by atoms with Gasteiger partial charge in [-0.2, -0.15) is 11.3 Å². The van der Waals surface area contributed by atoms with Crippen LogP contribution in [0.25, 0.3) is 0 Å². The van der Waals surface area contributed by atoms with Gasteiger partial charge in [0.25, 0.3) is 0 Å². The third-order valence-corrected chi connectivity index (χ3v) is 4.17. The maximum atomic E-state index is 10.4. The lowest BCUT2D eigenvalue weighted by Crippen LogP contribution is -2.40. The minimum Gasteiger partial charge on any atom is -0.385 e. The molecule has 84 valence electrons. The maximum Gasteiger partial charge on any atom is 0.109 e. The Morgan fingerprint density at radius 3 is 2.67 bits per heavy atom. The first-order valence-corrected chi connectivity index (χ1v) is 6.48. The van der Waals surface area contributed by atoms with Gasteiger partial charge < -0.3 is 9.84 Å². The highest BCUT2D eigenvalue weighted by atomic mass is 32.1. The van der Waals surface area contributed by atoms with Crippen LogP contribution in [-0.4, -0.2) is 17.8 Å². The quantitative estimate of drug-likeness (QED) is 0.858. The lowest BCUT2D eigenvalue weighted by Gasteiger charge is -2.39. The van der Waals surface area contributed by atoms with Gasteiger partial charge in [0.1, 0.15) is 6.10 Å². The van der Waals surface area contributed by atoms with Gasteiger partial charge in [-0.3, -0.25) is 0 Å². The van der Waals surface area contributed by atoms with Gasteiger partial charge in [0, 0.05) is 7.11 Å². The maximum absolute atomic E-state index is 10.4. The summed E-state index contributed by atoms with van der Waals surface area (Å²) in [7, 11) is 1.72. The summed E-state index contributed by atoms with van der Waals surface area (Å²) in [6, 6.07) is 1.99. The van der Waals surface area contributed by atoms with Gasteiger partial charge in [-0.05, 0) is 35.2 Å². The summed E-state index contributed by atoms with van der Waals surface area (Å²) < 4.78 is 5.62. The van der Waals surface area contributed by atoms with Crippen molar-refractivity contribution in [2.45, 2.75) is 43.8 Å². The van der Waals surface area contributed by atoms with Crippen molar-refractivity contribution in [2.24, 2.45) is 0 Å². The Morgan fingerprint density at radius 2 is 2.13 bits per heavy atom. The molecule has 0 radical (unpaired) electrons. The van der Waals surface area contributed by atoms with E-state index in [9.17, 15) is 5.11 Å². The van der Waals surface area contributed by atoms with E-state index >= 15 is 0 Å². The molecule has 1 atom stereocenters. The molecule has 0 saturated heterocycles. The third-order valence-electron chi connectivity index (χ3n) is 3.46. The molecule has 0 aliphatic heterocycles. The minimum atomic E-state index is -0.464. The zero-order chi connectivity index (χ0) is 10.7. The summed E-state index contributed by atoms with van der Waals surface area (Å²) >= 11 is 1.63. The summed E-state index contributed by atoms with van der Waals surface area (Å²) in [6.45, 7) is 0. The molecule has 3 heteroatoms. The highest BCUT2D eigenvalue weighted by Crippen LogP contribution is 2.41. The first-order chi connectivity index (χ1) is 7.28. The van der Waals surface area contributed by atoms with Crippen molar-refractivity contribution in [1.29, 1.82) is 0 Å². The Labute approximate surface area is 94.9 Å². The summed E-state index contributed by atoms with van der Waals surface area (Å²) in [5.41, 5.74) is 0.669. The van der Waals surface area contributed by atoms with E-state index < -0.39 is 6.10 Å². The lowest BCUT2D eigenvalue weighted by molar-refractivity contribution is -0.125. The van der Waals surface area contributed by atoms with Gasteiger partial charge in [-0.1, -0.05) is 19.3 Å². The number of ether oxygens (including phenoxy) is 1. The van der Waals surface area contributed by atoms with E-state index in [4.69, 9.17) is 4.74 Å². The molecule has 2 rings (SSSR count). The van der Waals surface area contributed by atoms with Gasteiger partial charge >= 0.3 is 0 Å². The van der Waals surface area contributed by atoms with Crippen molar-refractivity contribution in [1.82, 2.24) is 0 Å². The number of methoxy groups -OCH3 is 1. The van der Waals surface area contributed by atoms with Crippen molar-refractivity contribution in [3.05, 3.63) is 22.4 Å². The monoisotopic (exact) mass is 226 g/mol. The molecule has 0 bridgehead atoms. The van der Waals surface area contributed by atoms with Gasteiger partial charge in [0.05, 0.1) is 5.60 Å². The molecule has 1 fully saturated rings. The normalized spacial score (nSPS) is 22.5. The minimum absolute atomic E-state index is 0.334. The van der Waals surface area contributed by atoms with E-state index in [1.165, 1.54) is 6.42 Å². The number of thiophene rings is 1. The Kier molecular flexibility index (Phi) is 3.44. The molecule has 0 aromatic carbocycles. The number of hydrogen-bond acceptors (Lipinski definition) is 3. The standard InChI is InChI=1S/C12H18O2S/c1-14-12(6-3-2-4-7-12)11(13)10-5-8-15-9-10/h5,8-9,11,13H,2-4,6-7H2,1H3. The number of rotatable bonds is 3. The van der Waals surface area contributed by atoms with Crippen molar-refractivity contribution < 1.29 is 9.84 Å². The molecule has 15 heavy (non-hydrogen) atoms. The number of hydrogen-bond donors (Lipinski definition) is 1. The molecule has 0 amide bonds. The Balaban J connectivity index is 2.18. The van der Waals surface area contributed by atoms with Crippen LogP contribution < -0.4 is 0 Å². The molecule has 1 saturated carbocycles. The van der Waals surface area contributed by atoms with E-state index in [1.54, 1.807) is 18.4 Å². The molecular formula is C12H18O2S. The van der Waals surface area contributed by atoms with Crippen LogP contribution in [0.2, 0.25) is 0 Å². The second kappa shape index (κ2) is 4.64. The molecule has 2 nitrogen and oxygen atoms in total. The molecule has 1 aliphatic carbocycles. The first kappa shape index (κ1) is 11.1. The summed E-state index contributed by atoms with van der Waals surface area (Å²) in [4.78, 5) is 0. The van der Waals surface area contributed by atoms with Crippen LogP contribution >= 0.6 is 11.3 Å².